The van der Waals surface area contributed by atoms with Crippen molar-refractivity contribution in [2.45, 2.75) is 6.42 Å². The molecule has 5 nitrogen and oxygen atoms in total. The van der Waals surface area contributed by atoms with Crippen molar-refractivity contribution in [1.82, 2.24) is 10.5 Å². The number of methoxy groups -OCH3 is 1. The molecule has 0 atom stereocenters. The number of rotatable bonds is 2. The van der Waals surface area contributed by atoms with Crippen LogP contribution in [0.2, 0.25) is 0 Å². The van der Waals surface area contributed by atoms with Crippen LogP contribution in [0.1, 0.15) is 6.42 Å². The highest BCUT2D eigenvalue weighted by Gasteiger charge is 2.17. The van der Waals surface area contributed by atoms with Gasteiger partial charge < -0.3 is 19.5 Å². The zero-order valence-electron chi connectivity index (χ0n) is 10.5. The third-order valence-corrected chi connectivity index (χ3v) is 3.30. The fourth-order valence-electron chi connectivity index (χ4n) is 2.32. The van der Waals surface area contributed by atoms with Gasteiger partial charge in [-0.1, -0.05) is 5.16 Å². The molecule has 1 aliphatic rings. The maximum atomic E-state index is 5.39. The Morgan fingerprint density at radius 1 is 1.33 bits per heavy atom. The van der Waals surface area contributed by atoms with E-state index in [1.165, 1.54) is 0 Å². The van der Waals surface area contributed by atoms with Crippen LogP contribution in [0.25, 0.3) is 11.0 Å². The number of benzene rings is 1. The van der Waals surface area contributed by atoms with Gasteiger partial charge in [0.15, 0.2) is 11.4 Å². The maximum Gasteiger partial charge on any atom is 0.179 e. The number of fused-ring (bicyclic) bond motifs is 1. The Balaban J connectivity index is 1.96. The summed E-state index contributed by atoms with van der Waals surface area (Å²) in [4.78, 5) is 2.28. The van der Waals surface area contributed by atoms with Crippen LogP contribution in [-0.4, -0.2) is 38.4 Å². The summed E-state index contributed by atoms with van der Waals surface area (Å²) in [7, 11) is 1.65. The summed E-state index contributed by atoms with van der Waals surface area (Å²) in [5, 5.41) is 8.64. The van der Waals surface area contributed by atoms with Gasteiger partial charge in [0.1, 0.15) is 5.75 Å². The quantitative estimate of drug-likeness (QED) is 0.874. The minimum absolute atomic E-state index is 0.779. The van der Waals surface area contributed by atoms with E-state index in [9.17, 15) is 0 Å². The number of nitrogens with one attached hydrogen (secondary N) is 1. The molecule has 18 heavy (non-hydrogen) atoms. The average Bonchev–Trinajstić information content (AvgIpc) is 2.64. The Labute approximate surface area is 106 Å². The van der Waals surface area contributed by atoms with Crippen molar-refractivity contribution in [3.63, 3.8) is 0 Å². The lowest BCUT2D eigenvalue weighted by Crippen LogP contribution is -2.28. The highest BCUT2D eigenvalue weighted by molar-refractivity contribution is 5.89. The van der Waals surface area contributed by atoms with Crippen LogP contribution in [0.4, 0.5) is 5.82 Å². The van der Waals surface area contributed by atoms with Gasteiger partial charge >= 0.3 is 0 Å². The topological polar surface area (TPSA) is 50.5 Å². The summed E-state index contributed by atoms with van der Waals surface area (Å²) in [6.07, 6.45) is 1.13. The van der Waals surface area contributed by atoms with Crippen LogP contribution in [0, 0.1) is 0 Å². The van der Waals surface area contributed by atoms with Gasteiger partial charge in [0, 0.05) is 25.7 Å². The van der Waals surface area contributed by atoms with Crippen LogP contribution in [0.15, 0.2) is 22.7 Å². The number of nitrogens with zero attached hydrogens (tertiary/aromatic N) is 2. The molecule has 2 heterocycles. The molecule has 3 rings (SSSR count). The maximum absolute atomic E-state index is 5.39. The Kier molecular flexibility index (Phi) is 3.06. The van der Waals surface area contributed by atoms with Gasteiger partial charge in [-0.15, -0.1) is 0 Å². The zero-order valence-corrected chi connectivity index (χ0v) is 10.5. The molecule has 2 aromatic rings. The SMILES string of the molecule is COc1ccc2c(N3CCCNCC3)noc2c1. The van der Waals surface area contributed by atoms with Gasteiger partial charge in [-0.3, -0.25) is 0 Å². The highest BCUT2D eigenvalue weighted by atomic mass is 16.5. The van der Waals surface area contributed by atoms with Crippen molar-refractivity contribution in [2.75, 3.05) is 38.2 Å². The molecule has 1 saturated heterocycles. The Morgan fingerprint density at radius 3 is 3.17 bits per heavy atom. The molecule has 0 bridgehead atoms. The van der Waals surface area contributed by atoms with Gasteiger partial charge in [-0.05, 0) is 25.1 Å². The van der Waals surface area contributed by atoms with E-state index in [-0.39, 0.29) is 0 Å². The normalized spacial score (nSPS) is 16.8. The minimum Gasteiger partial charge on any atom is -0.497 e. The third kappa shape index (κ3) is 2.01. The smallest absolute Gasteiger partial charge is 0.179 e. The zero-order chi connectivity index (χ0) is 12.4. The monoisotopic (exact) mass is 247 g/mol. The minimum atomic E-state index is 0.779. The first-order valence-electron chi connectivity index (χ1n) is 6.27. The molecule has 0 spiro atoms. The summed E-state index contributed by atoms with van der Waals surface area (Å²) < 4.78 is 10.6. The molecule has 0 amide bonds. The lowest BCUT2D eigenvalue weighted by molar-refractivity contribution is 0.411. The molecule has 1 aromatic carbocycles. The van der Waals surface area contributed by atoms with Gasteiger partial charge in [-0.25, -0.2) is 0 Å². The van der Waals surface area contributed by atoms with E-state index >= 15 is 0 Å². The fraction of sp³-hybridized carbons (Fsp3) is 0.462. The van der Waals surface area contributed by atoms with E-state index < -0.39 is 0 Å². The second kappa shape index (κ2) is 4.86. The first kappa shape index (κ1) is 11.3. The van der Waals surface area contributed by atoms with Crippen molar-refractivity contribution < 1.29 is 9.26 Å². The van der Waals surface area contributed by atoms with E-state index in [0.717, 1.165) is 55.1 Å². The number of anilines is 1. The Bertz CT molecular complexity index is 530. The van der Waals surface area contributed by atoms with E-state index in [4.69, 9.17) is 9.26 Å². The lowest BCUT2D eigenvalue weighted by atomic mass is 10.2. The van der Waals surface area contributed by atoms with Crippen LogP contribution in [0.3, 0.4) is 0 Å². The number of hydrogen-bond donors (Lipinski definition) is 1. The molecule has 1 N–H and O–H groups in total. The summed E-state index contributed by atoms with van der Waals surface area (Å²) >= 11 is 0. The molecule has 0 unspecified atom stereocenters. The van der Waals surface area contributed by atoms with Gasteiger partial charge in [0.2, 0.25) is 0 Å². The van der Waals surface area contributed by atoms with Crippen molar-refractivity contribution in [1.29, 1.82) is 0 Å². The van der Waals surface area contributed by atoms with Crippen LogP contribution in [0.5, 0.6) is 5.75 Å². The molecule has 0 saturated carbocycles. The van der Waals surface area contributed by atoms with Gasteiger partial charge in [-0.2, -0.15) is 0 Å². The number of ether oxygens (including phenoxy) is 1. The highest BCUT2D eigenvalue weighted by Crippen LogP contribution is 2.29. The van der Waals surface area contributed by atoms with Crippen molar-refractivity contribution in [3.05, 3.63) is 18.2 Å². The molecular weight excluding hydrogens is 230 g/mol. The molecule has 1 aliphatic heterocycles. The van der Waals surface area contributed by atoms with Crippen LogP contribution in [-0.2, 0) is 0 Å². The standard InChI is InChI=1S/C13H17N3O2/c1-17-10-3-4-11-12(9-10)18-15-13(11)16-7-2-5-14-6-8-16/h3-4,9,14H,2,5-8H2,1H3. The second-order valence-electron chi connectivity index (χ2n) is 4.46. The first-order valence-corrected chi connectivity index (χ1v) is 6.27. The molecule has 5 heteroatoms. The fourth-order valence-corrected chi connectivity index (χ4v) is 2.32. The van der Waals surface area contributed by atoms with E-state index in [2.05, 4.69) is 15.4 Å². The van der Waals surface area contributed by atoms with Crippen molar-refractivity contribution in [2.24, 2.45) is 0 Å². The molecular formula is C13H17N3O2. The summed E-state index contributed by atoms with van der Waals surface area (Å²) in [5.41, 5.74) is 0.779. The van der Waals surface area contributed by atoms with Crippen molar-refractivity contribution in [3.8, 4) is 5.75 Å². The molecule has 0 aliphatic carbocycles. The third-order valence-electron chi connectivity index (χ3n) is 3.30. The van der Waals surface area contributed by atoms with Crippen LogP contribution >= 0.6 is 0 Å². The molecule has 1 aromatic heterocycles. The molecule has 0 radical (unpaired) electrons. The van der Waals surface area contributed by atoms with Crippen LogP contribution < -0.4 is 15.0 Å². The first-order chi connectivity index (χ1) is 8.88. The predicted molar refractivity (Wildman–Crippen MR) is 70.3 cm³/mol. The second-order valence-corrected chi connectivity index (χ2v) is 4.46. The predicted octanol–water partition coefficient (Wildman–Crippen LogP) is 1.64. The average molecular weight is 247 g/mol. The van der Waals surface area contributed by atoms with E-state index in [1.807, 2.05) is 18.2 Å². The van der Waals surface area contributed by atoms with Crippen molar-refractivity contribution >= 4 is 16.8 Å². The summed E-state index contributed by atoms with van der Waals surface area (Å²) in [6, 6.07) is 5.83. The Hall–Kier alpha value is -1.75. The Morgan fingerprint density at radius 2 is 2.28 bits per heavy atom. The number of aromatic nitrogens is 1. The van der Waals surface area contributed by atoms with E-state index in [1.54, 1.807) is 7.11 Å². The van der Waals surface area contributed by atoms with Gasteiger partial charge in [0.05, 0.1) is 12.5 Å². The molecule has 96 valence electrons. The summed E-state index contributed by atoms with van der Waals surface area (Å²) in [5.74, 6) is 1.74. The van der Waals surface area contributed by atoms with E-state index in [0.29, 0.717) is 0 Å². The largest absolute Gasteiger partial charge is 0.497 e. The summed E-state index contributed by atoms with van der Waals surface area (Å²) in [6.45, 7) is 4.04. The number of hydrogen-bond acceptors (Lipinski definition) is 5. The molecule has 1 fully saturated rings. The lowest BCUT2D eigenvalue weighted by Gasteiger charge is -2.18. The van der Waals surface area contributed by atoms with Gasteiger partial charge in [0.25, 0.3) is 0 Å².